The topological polar surface area (TPSA) is 12.0 Å². The van der Waals surface area contributed by atoms with Gasteiger partial charge in [-0.25, -0.2) is 4.84 Å². The Bertz CT molecular complexity index is 247. The van der Waals surface area contributed by atoms with Crippen LogP contribution in [-0.4, -0.2) is 6.54 Å². The molecule has 1 saturated carbocycles. The highest BCUT2D eigenvalue weighted by Crippen LogP contribution is 2.46. The summed E-state index contributed by atoms with van der Waals surface area (Å²) in [5.41, 5.74) is 1.45. The van der Waals surface area contributed by atoms with E-state index in [2.05, 4.69) is 35.2 Å². The van der Waals surface area contributed by atoms with E-state index in [-0.39, 0.29) is 0 Å². The van der Waals surface area contributed by atoms with Crippen LogP contribution < -0.4 is 4.84 Å². The first-order valence-corrected chi connectivity index (χ1v) is 4.68. The molecule has 1 aliphatic rings. The van der Waals surface area contributed by atoms with Crippen LogP contribution in [0.25, 0.3) is 0 Å². The fraction of sp³-hybridized carbons (Fsp3) is 0.400. The zero-order valence-electron chi connectivity index (χ0n) is 6.83. The van der Waals surface area contributed by atoms with E-state index in [1.807, 2.05) is 0 Å². The van der Waals surface area contributed by atoms with Crippen molar-refractivity contribution in [2.24, 2.45) is 5.92 Å². The molecule has 1 aromatic rings. The largest absolute Gasteiger partial charge is 0.233 e. The molecule has 1 aromatic carbocycles. The van der Waals surface area contributed by atoms with Crippen molar-refractivity contribution >= 4 is 11.8 Å². The Morgan fingerprint density at radius 1 is 1.33 bits per heavy atom. The number of rotatable bonds is 3. The second-order valence-electron chi connectivity index (χ2n) is 3.35. The quantitative estimate of drug-likeness (QED) is 0.707. The fourth-order valence-corrected chi connectivity index (χ4v) is 1.88. The van der Waals surface area contributed by atoms with Crippen LogP contribution >= 0.6 is 11.8 Å². The first-order valence-electron chi connectivity index (χ1n) is 4.30. The van der Waals surface area contributed by atoms with Gasteiger partial charge in [-0.1, -0.05) is 30.3 Å². The molecule has 0 saturated heterocycles. The summed E-state index contributed by atoms with van der Waals surface area (Å²) in [6.07, 6.45) is 1.28. The number of benzene rings is 1. The maximum Gasteiger partial charge on any atom is 0.0142 e. The van der Waals surface area contributed by atoms with Crippen LogP contribution in [0.5, 0.6) is 0 Å². The summed E-state index contributed by atoms with van der Waals surface area (Å²) in [7, 11) is 0. The average Bonchev–Trinajstić information content (AvgIpc) is 2.87. The Labute approximate surface area is 77.9 Å². The number of nitrogens with one attached hydrogen (secondary N) is 1. The van der Waals surface area contributed by atoms with Gasteiger partial charge in [0, 0.05) is 6.54 Å². The van der Waals surface area contributed by atoms with E-state index in [1.54, 1.807) is 0 Å². The van der Waals surface area contributed by atoms with Crippen LogP contribution in [0.3, 0.4) is 0 Å². The summed E-state index contributed by atoms with van der Waals surface area (Å²) in [5, 5.41) is 0. The standard InChI is InChI=1S/C10H12ClN/c11-12-7-9-6-10(9)8-4-2-1-3-5-8/h1-5,9-10,12H,6-7H2/t9-,10-/m0/s1. The fourth-order valence-electron chi connectivity index (χ4n) is 1.68. The average molecular weight is 182 g/mol. The van der Waals surface area contributed by atoms with Crippen molar-refractivity contribution in [3.63, 3.8) is 0 Å². The van der Waals surface area contributed by atoms with Crippen molar-refractivity contribution in [3.05, 3.63) is 35.9 Å². The summed E-state index contributed by atoms with van der Waals surface area (Å²) in [4.78, 5) is 2.70. The molecule has 0 aliphatic heterocycles. The second-order valence-corrected chi connectivity index (χ2v) is 3.62. The molecule has 1 nitrogen and oxygen atoms in total. The van der Waals surface area contributed by atoms with Crippen LogP contribution in [0.2, 0.25) is 0 Å². The predicted molar refractivity (Wildman–Crippen MR) is 51.1 cm³/mol. The molecule has 0 radical (unpaired) electrons. The molecule has 1 fully saturated rings. The van der Waals surface area contributed by atoms with E-state index in [0.29, 0.717) is 0 Å². The van der Waals surface area contributed by atoms with Crippen LogP contribution in [0.1, 0.15) is 17.9 Å². The van der Waals surface area contributed by atoms with Gasteiger partial charge in [0.1, 0.15) is 0 Å². The van der Waals surface area contributed by atoms with Gasteiger partial charge in [-0.15, -0.1) is 0 Å². The molecule has 0 unspecified atom stereocenters. The minimum Gasteiger partial charge on any atom is -0.233 e. The van der Waals surface area contributed by atoms with Crippen molar-refractivity contribution < 1.29 is 0 Å². The highest BCUT2D eigenvalue weighted by molar-refractivity contribution is 6.13. The van der Waals surface area contributed by atoms with Gasteiger partial charge in [0.25, 0.3) is 0 Å². The summed E-state index contributed by atoms with van der Waals surface area (Å²) in [5.74, 6) is 1.50. The van der Waals surface area contributed by atoms with E-state index in [4.69, 9.17) is 11.8 Å². The maximum absolute atomic E-state index is 5.44. The van der Waals surface area contributed by atoms with Gasteiger partial charge in [-0.2, -0.15) is 0 Å². The number of hydrogen-bond acceptors (Lipinski definition) is 1. The Kier molecular flexibility index (Phi) is 2.33. The normalized spacial score (nSPS) is 27.1. The SMILES string of the molecule is ClNC[C@@H]1C[C@H]1c1ccccc1. The van der Waals surface area contributed by atoms with E-state index < -0.39 is 0 Å². The smallest absolute Gasteiger partial charge is 0.0142 e. The van der Waals surface area contributed by atoms with Crippen molar-refractivity contribution in [3.8, 4) is 0 Å². The number of hydrogen-bond donors (Lipinski definition) is 1. The predicted octanol–water partition coefficient (Wildman–Crippen LogP) is 2.53. The van der Waals surface area contributed by atoms with Gasteiger partial charge < -0.3 is 0 Å². The van der Waals surface area contributed by atoms with Gasteiger partial charge >= 0.3 is 0 Å². The molecule has 0 aromatic heterocycles. The lowest BCUT2D eigenvalue weighted by molar-refractivity contribution is 0.766. The molecule has 0 amide bonds. The Morgan fingerprint density at radius 2 is 2.08 bits per heavy atom. The zero-order chi connectivity index (χ0) is 8.39. The van der Waals surface area contributed by atoms with Gasteiger partial charge in [0.2, 0.25) is 0 Å². The molecule has 0 bridgehead atoms. The number of halogens is 1. The molecular weight excluding hydrogens is 170 g/mol. The van der Waals surface area contributed by atoms with Gasteiger partial charge in [-0.05, 0) is 35.6 Å². The molecular formula is C10H12ClN. The third-order valence-electron chi connectivity index (χ3n) is 2.49. The lowest BCUT2D eigenvalue weighted by atomic mass is 10.1. The molecule has 2 atom stereocenters. The third-order valence-corrected chi connectivity index (χ3v) is 2.64. The Balaban J connectivity index is 1.97. The van der Waals surface area contributed by atoms with Crippen molar-refractivity contribution in [1.82, 2.24) is 4.84 Å². The van der Waals surface area contributed by atoms with Crippen molar-refractivity contribution in [2.75, 3.05) is 6.54 Å². The maximum atomic E-state index is 5.44. The molecule has 12 heavy (non-hydrogen) atoms. The van der Waals surface area contributed by atoms with E-state index in [9.17, 15) is 0 Å². The van der Waals surface area contributed by atoms with Gasteiger partial charge in [-0.3, -0.25) is 0 Å². The molecule has 1 N–H and O–H groups in total. The lowest BCUT2D eigenvalue weighted by Crippen LogP contribution is -2.03. The third kappa shape index (κ3) is 1.62. The molecule has 0 heterocycles. The van der Waals surface area contributed by atoms with Crippen LogP contribution in [-0.2, 0) is 0 Å². The minimum absolute atomic E-state index is 0.748. The van der Waals surface area contributed by atoms with Crippen LogP contribution in [0.4, 0.5) is 0 Å². The van der Waals surface area contributed by atoms with E-state index in [1.165, 1.54) is 12.0 Å². The molecule has 2 rings (SSSR count). The molecule has 64 valence electrons. The second kappa shape index (κ2) is 3.46. The van der Waals surface area contributed by atoms with Crippen molar-refractivity contribution in [2.45, 2.75) is 12.3 Å². The Hall–Kier alpha value is -0.530. The molecule has 2 heteroatoms. The summed E-state index contributed by atoms with van der Waals surface area (Å²) >= 11 is 5.44. The summed E-state index contributed by atoms with van der Waals surface area (Å²) < 4.78 is 0. The van der Waals surface area contributed by atoms with Crippen molar-refractivity contribution in [1.29, 1.82) is 0 Å². The zero-order valence-corrected chi connectivity index (χ0v) is 7.59. The highest BCUT2D eigenvalue weighted by Gasteiger charge is 2.37. The monoisotopic (exact) mass is 181 g/mol. The Morgan fingerprint density at radius 3 is 2.75 bits per heavy atom. The first kappa shape index (κ1) is 8.09. The van der Waals surface area contributed by atoms with Gasteiger partial charge in [0.15, 0.2) is 0 Å². The lowest BCUT2D eigenvalue weighted by Gasteiger charge is -1.97. The molecule has 0 spiro atoms. The van der Waals surface area contributed by atoms with Gasteiger partial charge in [0.05, 0.1) is 0 Å². The van der Waals surface area contributed by atoms with E-state index in [0.717, 1.165) is 18.4 Å². The first-order chi connectivity index (χ1) is 5.92. The minimum atomic E-state index is 0.748. The van der Waals surface area contributed by atoms with Crippen LogP contribution in [0, 0.1) is 5.92 Å². The summed E-state index contributed by atoms with van der Waals surface area (Å²) in [6, 6.07) is 10.6. The van der Waals surface area contributed by atoms with Crippen LogP contribution in [0.15, 0.2) is 30.3 Å². The summed E-state index contributed by atoms with van der Waals surface area (Å²) in [6.45, 7) is 0.932. The highest BCUT2D eigenvalue weighted by atomic mass is 35.5. The molecule has 1 aliphatic carbocycles. The van der Waals surface area contributed by atoms with E-state index >= 15 is 0 Å².